The highest BCUT2D eigenvalue weighted by Crippen LogP contribution is 2.25. The van der Waals surface area contributed by atoms with E-state index in [4.69, 9.17) is 5.73 Å². The van der Waals surface area contributed by atoms with Crippen molar-refractivity contribution in [3.8, 4) is 0 Å². The van der Waals surface area contributed by atoms with Gasteiger partial charge in [0.15, 0.2) is 0 Å². The maximum atomic E-state index is 6.10. The van der Waals surface area contributed by atoms with E-state index in [1.807, 2.05) is 17.5 Å². The summed E-state index contributed by atoms with van der Waals surface area (Å²) >= 11 is 1.61. The number of amidine groups is 1. The zero-order chi connectivity index (χ0) is 17.2. The van der Waals surface area contributed by atoms with Crippen molar-refractivity contribution >= 4 is 33.8 Å². The first-order valence-electron chi connectivity index (χ1n) is 8.88. The van der Waals surface area contributed by atoms with Gasteiger partial charge in [0.25, 0.3) is 0 Å². The van der Waals surface area contributed by atoms with Gasteiger partial charge in [-0.2, -0.15) is 0 Å². The second-order valence-corrected chi connectivity index (χ2v) is 7.74. The number of rotatable bonds is 5. The van der Waals surface area contributed by atoms with Crippen molar-refractivity contribution in [3.05, 3.63) is 52.9 Å². The van der Waals surface area contributed by atoms with Crippen LogP contribution in [0.4, 0.5) is 5.69 Å². The number of hydrogen-bond acceptors (Lipinski definition) is 3. The molecular weight excluding hydrogens is 328 g/mol. The number of aliphatic imine (C=N–C) groups is 1. The second kappa shape index (κ2) is 7.02. The quantitative estimate of drug-likeness (QED) is 0.552. The van der Waals surface area contributed by atoms with E-state index in [9.17, 15) is 0 Å². The summed E-state index contributed by atoms with van der Waals surface area (Å²) in [4.78, 5) is 8.07. The van der Waals surface area contributed by atoms with E-state index in [-0.39, 0.29) is 0 Å². The van der Waals surface area contributed by atoms with Gasteiger partial charge in [0.1, 0.15) is 5.84 Å². The van der Waals surface area contributed by atoms with Gasteiger partial charge < -0.3 is 15.2 Å². The number of thiophene rings is 1. The Bertz CT molecular complexity index is 878. The van der Waals surface area contributed by atoms with Crippen LogP contribution in [0, 0.1) is 0 Å². The Hall–Kier alpha value is -2.11. The molecule has 0 radical (unpaired) electrons. The summed E-state index contributed by atoms with van der Waals surface area (Å²) in [5.74, 6) is 0.582. The van der Waals surface area contributed by atoms with Gasteiger partial charge in [-0.3, -0.25) is 0 Å². The number of aromatic nitrogens is 1. The summed E-state index contributed by atoms with van der Waals surface area (Å²) in [6, 6.07) is 13.2. The molecule has 0 amide bonds. The summed E-state index contributed by atoms with van der Waals surface area (Å²) in [5, 5.41) is 3.24. The van der Waals surface area contributed by atoms with E-state index in [0.29, 0.717) is 5.84 Å². The first kappa shape index (κ1) is 16.4. The van der Waals surface area contributed by atoms with Crippen molar-refractivity contribution in [2.75, 3.05) is 13.6 Å². The molecule has 1 aliphatic rings. The topological polar surface area (TPSA) is 46.5 Å². The molecule has 1 saturated heterocycles. The fourth-order valence-corrected chi connectivity index (χ4v) is 4.33. The van der Waals surface area contributed by atoms with Crippen LogP contribution >= 0.6 is 11.3 Å². The predicted molar refractivity (Wildman–Crippen MR) is 107 cm³/mol. The molecule has 25 heavy (non-hydrogen) atoms. The molecular formula is C20H24N4S. The third kappa shape index (κ3) is 3.48. The van der Waals surface area contributed by atoms with Crippen LogP contribution in [-0.2, 0) is 6.54 Å². The van der Waals surface area contributed by atoms with Crippen molar-refractivity contribution < 1.29 is 0 Å². The molecule has 5 heteroatoms. The van der Waals surface area contributed by atoms with Crippen molar-refractivity contribution in [2.24, 2.45) is 10.7 Å². The molecule has 2 aromatic heterocycles. The van der Waals surface area contributed by atoms with Crippen LogP contribution in [0.15, 0.2) is 53.0 Å². The van der Waals surface area contributed by atoms with Crippen molar-refractivity contribution in [3.63, 3.8) is 0 Å². The van der Waals surface area contributed by atoms with Crippen LogP contribution in [0.25, 0.3) is 10.9 Å². The molecule has 0 aliphatic carbocycles. The predicted octanol–water partition coefficient (Wildman–Crippen LogP) is 4.22. The third-order valence-corrected chi connectivity index (χ3v) is 6.04. The minimum atomic E-state index is 0.582. The zero-order valence-corrected chi connectivity index (χ0v) is 15.4. The van der Waals surface area contributed by atoms with E-state index in [1.54, 1.807) is 11.3 Å². The molecule has 1 atom stereocenters. The Labute approximate surface area is 152 Å². The van der Waals surface area contributed by atoms with E-state index in [0.717, 1.165) is 23.2 Å². The normalized spacial score (nSPS) is 19.1. The SMILES string of the molecule is CN1CCC[C@@H]1CCn1ccc2cc(N=C(N)c3cccs3)ccc21. The van der Waals surface area contributed by atoms with E-state index in [1.165, 1.54) is 36.7 Å². The van der Waals surface area contributed by atoms with Crippen LogP contribution in [-0.4, -0.2) is 34.9 Å². The van der Waals surface area contributed by atoms with Gasteiger partial charge in [-0.05, 0) is 68.6 Å². The Morgan fingerprint density at radius 1 is 1.32 bits per heavy atom. The smallest absolute Gasteiger partial charge is 0.141 e. The largest absolute Gasteiger partial charge is 0.383 e. The average Bonchev–Trinajstić information content (AvgIpc) is 3.34. The fourth-order valence-electron chi connectivity index (χ4n) is 3.70. The summed E-state index contributed by atoms with van der Waals surface area (Å²) in [7, 11) is 2.24. The summed E-state index contributed by atoms with van der Waals surface area (Å²) in [5.41, 5.74) is 8.28. The molecule has 0 bridgehead atoms. The summed E-state index contributed by atoms with van der Waals surface area (Å²) < 4.78 is 2.36. The molecule has 130 valence electrons. The molecule has 0 saturated carbocycles. The number of nitrogens with two attached hydrogens (primary N) is 1. The minimum absolute atomic E-state index is 0.582. The Kier molecular flexibility index (Phi) is 4.59. The van der Waals surface area contributed by atoms with Crippen molar-refractivity contribution in [1.29, 1.82) is 0 Å². The van der Waals surface area contributed by atoms with E-state index < -0.39 is 0 Å². The van der Waals surface area contributed by atoms with E-state index in [2.05, 4.69) is 52.0 Å². The highest BCUT2D eigenvalue weighted by molar-refractivity contribution is 7.12. The van der Waals surface area contributed by atoms with Crippen LogP contribution in [0.3, 0.4) is 0 Å². The number of nitrogens with zero attached hydrogens (tertiary/aromatic N) is 3. The Morgan fingerprint density at radius 2 is 2.24 bits per heavy atom. The van der Waals surface area contributed by atoms with Gasteiger partial charge in [-0.1, -0.05) is 6.07 Å². The number of likely N-dealkylation sites (tertiary alicyclic amines) is 1. The monoisotopic (exact) mass is 352 g/mol. The highest BCUT2D eigenvalue weighted by atomic mass is 32.1. The Balaban J connectivity index is 1.52. The number of hydrogen-bond donors (Lipinski definition) is 1. The maximum Gasteiger partial charge on any atom is 0.141 e. The lowest BCUT2D eigenvalue weighted by Gasteiger charge is -2.19. The maximum absolute atomic E-state index is 6.10. The molecule has 0 spiro atoms. The molecule has 3 heterocycles. The molecule has 3 aromatic rings. The van der Waals surface area contributed by atoms with Gasteiger partial charge in [-0.15, -0.1) is 11.3 Å². The fraction of sp³-hybridized carbons (Fsp3) is 0.350. The molecule has 1 fully saturated rings. The molecule has 0 unspecified atom stereocenters. The lowest BCUT2D eigenvalue weighted by atomic mass is 10.1. The van der Waals surface area contributed by atoms with Crippen molar-refractivity contribution in [2.45, 2.75) is 31.8 Å². The molecule has 4 rings (SSSR count). The molecule has 2 N–H and O–H groups in total. The van der Waals surface area contributed by atoms with Crippen LogP contribution < -0.4 is 5.73 Å². The highest BCUT2D eigenvalue weighted by Gasteiger charge is 2.20. The minimum Gasteiger partial charge on any atom is -0.383 e. The second-order valence-electron chi connectivity index (χ2n) is 6.79. The van der Waals surface area contributed by atoms with Crippen LogP contribution in [0.1, 0.15) is 24.1 Å². The molecule has 1 aliphatic heterocycles. The standard InChI is InChI=1S/C20H24N4S/c1-23-10-2-4-17(23)9-12-24-11-8-15-14-16(6-7-18(15)24)22-20(21)19-5-3-13-25-19/h3,5-8,11,13-14,17H,2,4,9-10,12H2,1H3,(H2,21,22)/t17-/m1/s1. The number of fused-ring (bicyclic) bond motifs is 1. The van der Waals surface area contributed by atoms with Gasteiger partial charge in [-0.25, -0.2) is 4.99 Å². The molecule has 4 nitrogen and oxygen atoms in total. The number of aryl methyl sites for hydroxylation is 1. The zero-order valence-electron chi connectivity index (χ0n) is 14.6. The lowest BCUT2D eigenvalue weighted by molar-refractivity contribution is 0.287. The van der Waals surface area contributed by atoms with Crippen molar-refractivity contribution in [1.82, 2.24) is 9.47 Å². The molecule has 1 aromatic carbocycles. The summed E-state index contributed by atoms with van der Waals surface area (Å²) in [6.07, 6.45) is 6.07. The van der Waals surface area contributed by atoms with Gasteiger partial charge in [0.05, 0.1) is 10.6 Å². The van der Waals surface area contributed by atoms with E-state index >= 15 is 0 Å². The first-order valence-corrected chi connectivity index (χ1v) is 9.76. The summed E-state index contributed by atoms with van der Waals surface area (Å²) in [6.45, 7) is 2.31. The number of benzene rings is 1. The van der Waals surface area contributed by atoms with Crippen LogP contribution in [0.2, 0.25) is 0 Å². The third-order valence-electron chi connectivity index (χ3n) is 5.15. The van der Waals surface area contributed by atoms with Gasteiger partial charge in [0, 0.05) is 29.7 Å². The van der Waals surface area contributed by atoms with Crippen LogP contribution in [0.5, 0.6) is 0 Å². The van der Waals surface area contributed by atoms with Gasteiger partial charge in [0.2, 0.25) is 0 Å². The average molecular weight is 353 g/mol. The lowest BCUT2D eigenvalue weighted by Crippen LogP contribution is -2.25. The Morgan fingerprint density at radius 3 is 3.00 bits per heavy atom. The van der Waals surface area contributed by atoms with Gasteiger partial charge >= 0.3 is 0 Å². The first-order chi connectivity index (χ1) is 12.2.